The molecule has 1 aliphatic heterocycles. The minimum atomic E-state index is -1.09. The lowest BCUT2D eigenvalue weighted by Crippen LogP contribution is -2.63. The van der Waals surface area contributed by atoms with Crippen LogP contribution in [0.2, 0.25) is 5.02 Å². The van der Waals surface area contributed by atoms with Crippen molar-refractivity contribution in [1.29, 1.82) is 0 Å². The number of amides is 2. The minimum absolute atomic E-state index is 0.219. The number of carbonyl (C=O) groups is 2. The topological polar surface area (TPSA) is 67.5 Å². The molecule has 0 saturated carbocycles. The molecule has 2 aromatic heterocycles. The highest BCUT2D eigenvalue weighted by molar-refractivity contribution is 6.30. The molecule has 0 fully saturated rings. The quantitative estimate of drug-likeness (QED) is 0.606. The first-order valence-electron chi connectivity index (χ1n) is 9.63. The number of furan rings is 1. The number of fused-ring (bicyclic) bond motifs is 1. The number of hydrogen-bond acceptors (Lipinski definition) is 3. The van der Waals surface area contributed by atoms with Gasteiger partial charge in [0.1, 0.15) is 17.0 Å². The Hall–Kier alpha value is -3.25. The molecule has 3 aromatic rings. The smallest absolute Gasteiger partial charge is 0.271 e. The van der Waals surface area contributed by atoms with Crippen molar-refractivity contribution in [2.45, 2.75) is 25.6 Å². The van der Waals surface area contributed by atoms with E-state index in [4.69, 9.17) is 16.0 Å². The Morgan fingerprint density at radius 3 is 2.63 bits per heavy atom. The predicted octanol–water partition coefficient (Wildman–Crippen LogP) is 4.12. The fraction of sp³-hybridized carbons (Fsp3) is 0.217. The van der Waals surface area contributed by atoms with Crippen LogP contribution in [0.25, 0.3) is 11.5 Å². The van der Waals surface area contributed by atoms with Crippen molar-refractivity contribution in [2.75, 3.05) is 6.54 Å². The van der Waals surface area contributed by atoms with E-state index < -0.39 is 5.54 Å². The first kappa shape index (κ1) is 20.0. The summed E-state index contributed by atoms with van der Waals surface area (Å²) < 4.78 is 7.37. The van der Waals surface area contributed by atoms with E-state index in [9.17, 15) is 9.59 Å². The highest BCUT2D eigenvalue weighted by atomic mass is 35.5. The van der Waals surface area contributed by atoms with Crippen molar-refractivity contribution in [2.24, 2.45) is 0 Å². The third-order valence-electron chi connectivity index (χ3n) is 5.45. The van der Waals surface area contributed by atoms with Crippen LogP contribution in [0.15, 0.2) is 71.9 Å². The van der Waals surface area contributed by atoms with E-state index in [0.29, 0.717) is 29.6 Å². The lowest BCUT2D eigenvalue weighted by atomic mass is 9.94. The number of carbonyl (C=O) groups excluding carboxylic acids is 2. The van der Waals surface area contributed by atoms with Crippen LogP contribution < -0.4 is 5.32 Å². The number of nitrogens with zero attached hydrogens (tertiary/aromatic N) is 2. The molecular formula is C23H22ClN3O3. The molecule has 0 radical (unpaired) electrons. The summed E-state index contributed by atoms with van der Waals surface area (Å²) in [4.78, 5) is 28.1. The molecule has 3 heterocycles. The molecule has 6 nitrogen and oxygen atoms in total. The van der Waals surface area contributed by atoms with Crippen LogP contribution in [0.1, 0.15) is 23.0 Å². The molecule has 4 rings (SSSR count). The Kier molecular flexibility index (Phi) is 5.26. The Morgan fingerprint density at radius 2 is 1.97 bits per heavy atom. The first-order valence-corrected chi connectivity index (χ1v) is 10.0. The Bertz CT molecular complexity index is 1090. The maximum atomic E-state index is 13.3. The van der Waals surface area contributed by atoms with Gasteiger partial charge in [-0.3, -0.25) is 9.59 Å². The van der Waals surface area contributed by atoms with Gasteiger partial charge in [0, 0.05) is 18.1 Å². The number of aromatic nitrogens is 1. The fourth-order valence-corrected chi connectivity index (χ4v) is 3.93. The molecule has 30 heavy (non-hydrogen) atoms. The Morgan fingerprint density at radius 1 is 1.23 bits per heavy atom. The second-order valence-corrected chi connectivity index (χ2v) is 7.89. The lowest BCUT2D eigenvalue weighted by Gasteiger charge is -2.43. The largest absolute Gasteiger partial charge is 0.463 e. The average Bonchev–Trinajstić information content (AvgIpc) is 3.40. The van der Waals surface area contributed by atoms with Gasteiger partial charge in [-0.05, 0) is 48.9 Å². The molecule has 154 valence electrons. The fourth-order valence-electron chi connectivity index (χ4n) is 3.80. The van der Waals surface area contributed by atoms with Crippen LogP contribution in [0.5, 0.6) is 0 Å². The van der Waals surface area contributed by atoms with Crippen molar-refractivity contribution in [3.05, 3.63) is 83.7 Å². The maximum absolute atomic E-state index is 13.3. The van der Waals surface area contributed by atoms with E-state index >= 15 is 0 Å². The normalized spacial score (nSPS) is 18.2. The predicted molar refractivity (Wildman–Crippen MR) is 115 cm³/mol. The molecule has 2 amide bonds. The summed E-state index contributed by atoms with van der Waals surface area (Å²) in [5.74, 6) is 0.190. The second kappa shape index (κ2) is 7.88. The summed E-state index contributed by atoms with van der Waals surface area (Å²) in [6, 6.07) is 14.5. The summed E-state index contributed by atoms with van der Waals surface area (Å²) in [5, 5.41) is 3.60. The van der Waals surface area contributed by atoms with Gasteiger partial charge < -0.3 is 19.2 Å². The van der Waals surface area contributed by atoms with Crippen LogP contribution in [0.3, 0.4) is 0 Å². The zero-order valence-corrected chi connectivity index (χ0v) is 17.4. The molecule has 1 N–H and O–H groups in total. The standard InChI is InChI=1S/C23H22ClN3O3/c1-3-12-27-21(28)19-11-10-18(20-5-4-13-30-20)26(19)15-23(27,2)22(29)25-14-16-6-8-17(24)9-7-16/h3-11,13H,1,12,14-15H2,2H3,(H,25,29)/t23-/m1/s1. The van der Waals surface area contributed by atoms with E-state index in [0.717, 1.165) is 11.3 Å². The third-order valence-corrected chi connectivity index (χ3v) is 5.70. The molecule has 0 bridgehead atoms. The Labute approximate surface area is 179 Å². The van der Waals surface area contributed by atoms with Gasteiger partial charge in [0.25, 0.3) is 5.91 Å². The van der Waals surface area contributed by atoms with Gasteiger partial charge in [-0.1, -0.05) is 29.8 Å². The van der Waals surface area contributed by atoms with Crippen LogP contribution in [0, 0.1) is 0 Å². The van der Waals surface area contributed by atoms with Gasteiger partial charge in [0.05, 0.1) is 18.5 Å². The number of hydrogen-bond donors (Lipinski definition) is 1. The van der Waals surface area contributed by atoms with Crippen molar-refractivity contribution >= 4 is 23.4 Å². The second-order valence-electron chi connectivity index (χ2n) is 7.45. The van der Waals surface area contributed by atoms with E-state index in [1.165, 1.54) is 0 Å². The SMILES string of the molecule is C=CCN1C(=O)c2ccc(-c3ccco3)n2C[C@]1(C)C(=O)NCc1ccc(Cl)cc1. The number of halogens is 1. The van der Waals surface area contributed by atoms with Crippen molar-refractivity contribution in [3.63, 3.8) is 0 Å². The zero-order chi connectivity index (χ0) is 21.3. The van der Waals surface area contributed by atoms with Crippen LogP contribution >= 0.6 is 11.6 Å². The molecule has 7 heteroatoms. The summed E-state index contributed by atoms with van der Waals surface area (Å²) in [6.07, 6.45) is 3.22. The summed E-state index contributed by atoms with van der Waals surface area (Å²) in [6.45, 7) is 6.45. The molecule has 0 unspecified atom stereocenters. The average molecular weight is 424 g/mol. The number of benzene rings is 1. The molecule has 1 atom stereocenters. The monoisotopic (exact) mass is 423 g/mol. The molecule has 1 aliphatic rings. The lowest BCUT2D eigenvalue weighted by molar-refractivity contribution is -0.132. The van der Waals surface area contributed by atoms with Gasteiger partial charge >= 0.3 is 0 Å². The van der Waals surface area contributed by atoms with E-state index in [1.54, 1.807) is 48.4 Å². The van der Waals surface area contributed by atoms with E-state index in [1.807, 2.05) is 28.8 Å². The third kappa shape index (κ3) is 3.44. The van der Waals surface area contributed by atoms with Crippen molar-refractivity contribution in [1.82, 2.24) is 14.8 Å². The number of rotatable bonds is 6. The van der Waals surface area contributed by atoms with Gasteiger partial charge in [-0.15, -0.1) is 6.58 Å². The number of nitrogens with one attached hydrogen (secondary N) is 1. The highest BCUT2D eigenvalue weighted by Crippen LogP contribution is 2.33. The molecule has 0 aliphatic carbocycles. The highest BCUT2D eigenvalue weighted by Gasteiger charge is 2.47. The first-order chi connectivity index (χ1) is 14.4. The minimum Gasteiger partial charge on any atom is -0.463 e. The molecule has 0 spiro atoms. The van der Waals surface area contributed by atoms with E-state index in [2.05, 4.69) is 11.9 Å². The van der Waals surface area contributed by atoms with Gasteiger partial charge in [0.15, 0.2) is 0 Å². The zero-order valence-electron chi connectivity index (χ0n) is 16.6. The maximum Gasteiger partial charge on any atom is 0.271 e. The Balaban J connectivity index is 1.65. The van der Waals surface area contributed by atoms with Gasteiger partial charge in [-0.25, -0.2) is 0 Å². The van der Waals surface area contributed by atoms with Crippen LogP contribution in [-0.2, 0) is 17.9 Å². The molecular weight excluding hydrogens is 402 g/mol. The van der Waals surface area contributed by atoms with Gasteiger partial charge in [-0.2, -0.15) is 0 Å². The summed E-state index contributed by atoms with van der Waals surface area (Å²) in [7, 11) is 0. The molecule has 1 aromatic carbocycles. The molecule has 0 saturated heterocycles. The van der Waals surface area contributed by atoms with Crippen molar-refractivity contribution < 1.29 is 14.0 Å². The van der Waals surface area contributed by atoms with Crippen LogP contribution in [0.4, 0.5) is 0 Å². The van der Waals surface area contributed by atoms with Crippen molar-refractivity contribution in [3.8, 4) is 11.5 Å². The van der Waals surface area contributed by atoms with Gasteiger partial charge in [0.2, 0.25) is 5.91 Å². The summed E-state index contributed by atoms with van der Waals surface area (Å²) >= 11 is 5.93. The van der Waals surface area contributed by atoms with Crippen LogP contribution in [-0.4, -0.2) is 33.4 Å². The van der Waals surface area contributed by atoms with E-state index in [-0.39, 0.29) is 18.4 Å². The summed E-state index contributed by atoms with van der Waals surface area (Å²) in [5.41, 5.74) is 1.11.